The fraction of sp³-hybridized carbons (Fsp3) is 0.133. The number of benzene rings is 2. The van der Waals surface area contributed by atoms with E-state index in [2.05, 4.69) is 0 Å². The lowest BCUT2D eigenvalue weighted by molar-refractivity contribution is 0.112. The smallest absolute Gasteiger partial charge is 0.150 e. The molecule has 0 heterocycles. The zero-order chi connectivity index (χ0) is 13.0. The molecule has 2 rings (SSSR count). The Morgan fingerprint density at radius 1 is 1.17 bits per heavy atom. The van der Waals surface area contributed by atoms with E-state index in [1.54, 1.807) is 36.0 Å². The topological polar surface area (TPSA) is 17.1 Å². The minimum atomic E-state index is -0.201. The van der Waals surface area contributed by atoms with Crippen LogP contribution in [-0.2, 0) is 5.75 Å². The van der Waals surface area contributed by atoms with Gasteiger partial charge in [-0.05, 0) is 42.3 Å². The summed E-state index contributed by atoms with van der Waals surface area (Å²) in [6.07, 6.45) is 0.825. The molecule has 1 nitrogen and oxygen atoms in total. The monoisotopic (exact) mass is 260 g/mol. The van der Waals surface area contributed by atoms with Crippen molar-refractivity contribution in [2.45, 2.75) is 17.6 Å². The first-order valence-corrected chi connectivity index (χ1v) is 6.60. The molecule has 0 saturated carbocycles. The molecule has 18 heavy (non-hydrogen) atoms. The standard InChI is InChI=1S/C15H13FOS/c1-11-2-5-14(16)8-13(11)10-18-15-6-3-12(9-17)4-7-15/h2-9H,10H2,1H3. The molecule has 0 aliphatic carbocycles. The van der Waals surface area contributed by atoms with Gasteiger partial charge in [0.2, 0.25) is 0 Å². The molecule has 0 fully saturated rings. The normalized spacial score (nSPS) is 10.3. The van der Waals surface area contributed by atoms with Crippen molar-refractivity contribution in [1.29, 1.82) is 0 Å². The van der Waals surface area contributed by atoms with Crippen LogP contribution in [0.4, 0.5) is 4.39 Å². The molecule has 0 aromatic heterocycles. The molecule has 0 atom stereocenters. The molecule has 0 spiro atoms. The molecule has 0 aliphatic rings. The van der Waals surface area contributed by atoms with Gasteiger partial charge in [-0.25, -0.2) is 4.39 Å². The zero-order valence-corrected chi connectivity index (χ0v) is 10.8. The number of thioether (sulfide) groups is 1. The van der Waals surface area contributed by atoms with E-state index in [1.807, 2.05) is 19.1 Å². The summed E-state index contributed by atoms with van der Waals surface area (Å²) < 4.78 is 13.1. The second-order valence-electron chi connectivity index (χ2n) is 4.05. The van der Waals surface area contributed by atoms with Crippen molar-refractivity contribution >= 4 is 18.0 Å². The van der Waals surface area contributed by atoms with Gasteiger partial charge in [-0.2, -0.15) is 0 Å². The van der Waals surface area contributed by atoms with Crippen LogP contribution in [0.25, 0.3) is 0 Å². The number of halogens is 1. The highest BCUT2D eigenvalue weighted by Gasteiger charge is 2.02. The van der Waals surface area contributed by atoms with Crippen LogP contribution in [0, 0.1) is 12.7 Å². The summed E-state index contributed by atoms with van der Waals surface area (Å²) in [6.45, 7) is 1.98. The summed E-state index contributed by atoms with van der Waals surface area (Å²) in [4.78, 5) is 11.6. The van der Waals surface area contributed by atoms with Crippen LogP contribution in [0.1, 0.15) is 21.5 Å². The quantitative estimate of drug-likeness (QED) is 0.604. The van der Waals surface area contributed by atoms with Crippen LogP contribution in [0.2, 0.25) is 0 Å². The van der Waals surface area contributed by atoms with Gasteiger partial charge in [-0.1, -0.05) is 18.2 Å². The third-order valence-corrected chi connectivity index (χ3v) is 3.78. The van der Waals surface area contributed by atoms with Crippen LogP contribution >= 0.6 is 11.8 Å². The number of aryl methyl sites for hydroxylation is 1. The fourth-order valence-electron chi connectivity index (χ4n) is 1.60. The van der Waals surface area contributed by atoms with Crippen LogP contribution in [-0.4, -0.2) is 6.29 Å². The van der Waals surface area contributed by atoms with E-state index in [0.29, 0.717) is 5.56 Å². The molecule has 0 bridgehead atoms. The van der Waals surface area contributed by atoms with E-state index in [1.165, 1.54) is 6.07 Å². The zero-order valence-electron chi connectivity index (χ0n) is 10.0. The Bertz CT molecular complexity index is 549. The van der Waals surface area contributed by atoms with Crippen LogP contribution in [0.5, 0.6) is 0 Å². The number of hydrogen-bond acceptors (Lipinski definition) is 2. The summed E-state index contributed by atoms with van der Waals surface area (Å²) in [5.74, 6) is 0.525. The van der Waals surface area contributed by atoms with Gasteiger partial charge in [0, 0.05) is 16.2 Å². The van der Waals surface area contributed by atoms with Crippen molar-refractivity contribution in [1.82, 2.24) is 0 Å². The molecule has 0 unspecified atom stereocenters. The first-order valence-electron chi connectivity index (χ1n) is 5.62. The molecule has 0 radical (unpaired) electrons. The fourth-order valence-corrected chi connectivity index (χ4v) is 2.56. The summed E-state index contributed by atoms with van der Waals surface area (Å²) >= 11 is 1.63. The van der Waals surface area contributed by atoms with Crippen molar-refractivity contribution in [3.8, 4) is 0 Å². The SMILES string of the molecule is Cc1ccc(F)cc1CSc1ccc(C=O)cc1. The average molecular weight is 260 g/mol. The second-order valence-corrected chi connectivity index (χ2v) is 5.10. The van der Waals surface area contributed by atoms with Gasteiger partial charge in [0.25, 0.3) is 0 Å². The summed E-state index contributed by atoms with van der Waals surface area (Å²) in [6, 6.07) is 12.2. The molecular weight excluding hydrogens is 247 g/mol. The predicted octanol–water partition coefficient (Wildman–Crippen LogP) is 4.24. The van der Waals surface area contributed by atoms with Crippen molar-refractivity contribution in [3.63, 3.8) is 0 Å². The van der Waals surface area contributed by atoms with Gasteiger partial charge in [0.05, 0.1) is 0 Å². The minimum absolute atomic E-state index is 0.201. The van der Waals surface area contributed by atoms with Gasteiger partial charge in [0.15, 0.2) is 0 Å². The third kappa shape index (κ3) is 3.20. The first-order chi connectivity index (χ1) is 8.69. The molecule has 0 saturated heterocycles. The summed E-state index contributed by atoms with van der Waals surface area (Å²) in [5, 5.41) is 0. The Balaban J connectivity index is 2.06. The van der Waals surface area contributed by atoms with Gasteiger partial charge in [-0.15, -0.1) is 11.8 Å². The Morgan fingerprint density at radius 2 is 1.89 bits per heavy atom. The maximum absolute atomic E-state index is 13.1. The van der Waals surface area contributed by atoms with Crippen molar-refractivity contribution in [3.05, 3.63) is 65.0 Å². The Morgan fingerprint density at radius 3 is 2.56 bits per heavy atom. The van der Waals surface area contributed by atoms with E-state index in [0.717, 1.165) is 28.1 Å². The molecule has 92 valence electrons. The van der Waals surface area contributed by atoms with E-state index in [-0.39, 0.29) is 5.82 Å². The van der Waals surface area contributed by atoms with E-state index >= 15 is 0 Å². The van der Waals surface area contributed by atoms with Crippen molar-refractivity contribution < 1.29 is 9.18 Å². The highest BCUT2D eigenvalue weighted by molar-refractivity contribution is 7.98. The molecule has 2 aromatic rings. The average Bonchev–Trinajstić information content (AvgIpc) is 2.40. The number of carbonyl (C=O) groups excluding carboxylic acids is 1. The first kappa shape index (κ1) is 12.8. The molecule has 0 N–H and O–H groups in total. The van der Waals surface area contributed by atoms with Crippen molar-refractivity contribution in [2.75, 3.05) is 0 Å². The molecule has 0 aliphatic heterocycles. The third-order valence-electron chi connectivity index (χ3n) is 2.72. The predicted molar refractivity (Wildman–Crippen MR) is 72.5 cm³/mol. The largest absolute Gasteiger partial charge is 0.298 e. The highest BCUT2D eigenvalue weighted by atomic mass is 32.2. The lowest BCUT2D eigenvalue weighted by Crippen LogP contribution is -1.88. The molecule has 0 amide bonds. The van der Waals surface area contributed by atoms with Gasteiger partial charge >= 0.3 is 0 Å². The number of carbonyl (C=O) groups is 1. The van der Waals surface area contributed by atoms with E-state index in [9.17, 15) is 9.18 Å². The number of aldehydes is 1. The van der Waals surface area contributed by atoms with Crippen LogP contribution in [0.3, 0.4) is 0 Å². The van der Waals surface area contributed by atoms with Gasteiger partial charge < -0.3 is 0 Å². The molecule has 3 heteroatoms. The Labute approximate surface area is 110 Å². The highest BCUT2D eigenvalue weighted by Crippen LogP contribution is 2.24. The molecular formula is C15H13FOS. The number of hydrogen-bond donors (Lipinski definition) is 0. The maximum atomic E-state index is 13.1. The summed E-state index contributed by atoms with van der Waals surface area (Å²) in [7, 11) is 0. The van der Waals surface area contributed by atoms with E-state index < -0.39 is 0 Å². The maximum Gasteiger partial charge on any atom is 0.150 e. The lowest BCUT2D eigenvalue weighted by atomic mass is 10.1. The van der Waals surface area contributed by atoms with E-state index in [4.69, 9.17) is 0 Å². The van der Waals surface area contributed by atoms with Gasteiger partial charge in [0.1, 0.15) is 12.1 Å². The van der Waals surface area contributed by atoms with Crippen LogP contribution in [0.15, 0.2) is 47.4 Å². The molecule has 2 aromatic carbocycles. The van der Waals surface area contributed by atoms with Crippen molar-refractivity contribution in [2.24, 2.45) is 0 Å². The minimum Gasteiger partial charge on any atom is -0.298 e. The lowest BCUT2D eigenvalue weighted by Gasteiger charge is -2.06. The Hall–Kier alpha value is -1.61. The Kier molecular flexibility index (Phi) is 4.15. The second kappa shape index (κ2) is 5.83. The van der Waals surface area contributed by atoms with Crippen LogP contribution < -0.4 is 0 Å². The van der Waals surface area contributed by atoms with Gasteiger partial charge in [-0.3, -0.25) is 4.79 Å². The summed E-state index contributed by atoms with van der Waals surface area (Å²) in [5.41, 5.74) is 2.76. The number of rotatable bonds is 4.